The fourth-order valence-corrected chi connectivity index (χ4v) is 3.84. The lowest BCUT2D eigenvalue weighted by molar-refractivity contribution is -0.143. The van der Waals surface area contributed by atoms with E-state index in [4.69, 9.17) is 0 Å². The Morgan fingerprint density at radius 3 is 1.87 bits per heavy atom. The SMILES string of the molecule is CC(C)CC1CN(Cc2cc(C(F)(F)F)cc(C(F)(F)F)c2)[C@@H](CC(C)C)C(=O)N1. The van der Waals surface area contributed by atoms with Crippen molar-refractivity contribution in [2.75, 3.05) is 6.54 Å². The highest BCUT2D eigenvalue weighted by molar-refractivity contribution is 5.82. The Balaban J connectivity index is 2.40. The maximum atomic E-state index is 13.2. The van der Waals surface area contributed by atoms with E-state index < -0.39 is 29.5 Å². The van der Waals surface area contributed by atoms with Crippen molar-refractivity contribution in [3.8, 4) is 0 Å². The number of carbonyl (C=O) groups is 1. The topological polar surface area (TPSA) is 32.3 Å². The zero-order valence-electron chi connectivity index (χ0n) is 17.5. The first-order chi connectivity index (χ1) is 13.7. The molecular formula is C21H28F6N2O. The van der Waals surface area contributed by atoms with Crippen molar-refractivity contribution in [3.05, 3.63) is 34.9 Å². The fraction of sp³-hybridized carbons (Fsp3) is 0.667. The fourth-order valence-electron chi connectivity index (χ4n) is 3.84. The maximum absolute atomic E-state index is 13.2. The summed E-state index contributed by atoms with van der Waals surface area (Å²) >= 11 is 0. The molecule has 0 saturated carbocycles. The number of nitrogens with one attached hydrogen (secondary N) is 1. The highest BCUT2D eigenvalue weighted by atomic mass is 19.4. The van der Waals surface area contributed by atoms with E-state index in [2.05, 4.69) is 5.32 Å². The van der Waals surface area contributed by atoms with Gasteiger partial charge in [-0.15, -0.1) is 0 Å². The molecule has 1 aliphatic heterocycles. The molecule has 1 aliphatic rings. The number of piperazine rings is 1. The van der Waals surface area contributed by atoms with E-state index >= 15 is 0 Å². The largest absolute Gasteiger partial charge is 0.416 e. The van der Waals surface area contributed by atoms with Gasteiger partial charge in [0, 0.05) is 19.1 Å². The number of alkyl halides is 6. The Hall–Kier alpha value is -1.77. The molecule has 0 aliphatic carbocycles. The average Bonchev–Trinajstić information content (AvgIpc) is 2.55. The van der Waals surface area contributed by atoms with Gasteiger partial charge >= 0.3 is 12.4 Å². The number of carbonyl (C=O) groups excluding carboxylic acids is 1. The summed E-state index contributed by atoms with van der Waals surface area (Å²) in [6.45, 7) is 8.01. The van der Waals surface area contributed by atoms with Crippen molar-refractivity contribution in [3.63, 3.8) is 0 Å². The minimum atomic E-state index is -4.90. The second-order valence-corrected chi connectivity index (χ2v) is 8.82. The van der Waals surface area contributed by atoms with Crippen molar-refractivity contribution < 1.29 is 31.1 Å². The Kier molecular flexibility index (Phi) is 7.48. The van der Waals surface area contributed by atoms with Crippen molar-refractivity contribution in [2.45, 2.75) is 71.5 Å². The van der Waals surface area contributed by atoms with Crippen LogP contribution in [-0.4, -0.2) is 29.4 Å². The normalized spacial score (nSPS) is 21.4. The van der Waals surface area contributed by atoms with Gasteiger partial charge in [-0.3, -0.25) is 9.69 Å². The van der Waals surface area contributed by atoms with Crippen molar-refractivity contribution in [1.29, 1.82) is 0 Å². The second-order valence-electron chi connectivity index (χ2n) is 8.82. The lowest BCUT2D eigenvalue weighted by Crippen LogP contribution is -2.60. The van der Waals surface area contributed by atoms with Crippen LogP contribution < -0.4 is 5.32 Å². The molecule has 2 rings (SSSR count). The summed E-state index contributed by atoms with van der Waals surface area (Å²) in [5.74, 6) is 0.185. The molecular weight excluding hydrogens is 410 g/mol. The third-order valence-corrected chi connectivity index (χ3v) is 5.03. The molecule has 2 atom stereocenters. The average molecular weight is 438 g/mol. The monoisotopic (exact) mass is 438 g/mol. The third kappa shape index (κ3) is 6.62. The van der Waals surface area contributed by atoms with Crippen molar-refractivity contribution >= 4 is 5.91 Å². The van der Waals surface area contributed by atoms with Gasteiger partial charge in [-0.1, -0.05) is 27.7 Å². The first-order valence-corrected chi connectivity index (χ1v) is 9.99. The van der Waals surface area contributed by atoms with Crippen LogP contribution in [0.25, 0.3) is 0 Å². The molecule has 1 amide bonds. The van der Waals surface area contributed by atoms with Crippen molar-refractivity contribution in [1.82, 2.24) is 10.2 Å². The van der Waals surface area contributed by atoms with Crippen LogP contribution in [0.2, 0.25) is 0 Å². The summed E-state index contributed by atoms with van der Waals surface area (Å²) in [5, 5.41) is 2.95. The minimum Gasteiger partial charge on any atom is -0.351 e. The van der Waals surface area contributed by atoms with Crippen LogP contribution in [0.4, 0.5) is 26.3 Å². The van der Waals surface area contributed by atoms with E-state index in [9.17, 15) is 31.1 Å². The van der Waals surface area contributed by atoms with Gasteiger partial charge in [-0.25, -0.2) is 0 Å². The molecule has 1 aromatic rings. The van der Waals surface area contributed by atoms with E-state index in [1.54, 1.807) is 4.90 Å². The minimum absolute atomic E-state index is 0.107. The van der Waals surface area contributed by atoms with Crippen LogP contribution in [0.5, 0.6) is 0 Å². The van der Waals surface area contributed by atoms with E-state index in [1.165, 1.54) is 0 Å². The molecule has 0 aromatic heterocycles. The Morgan fingerprint density at radius 2 is 1.43 bits per heavy atom. The van der Waals surface area contributed by atoms with Crippen LogP contribution in [0.15, 0.2) is 18.2 Å². The lowest BCUT2D eigenvalue weighted by Gasteiger charge is -2.41. The molecule has 1 heterocycles. The number of benzene rings is 1. The molecule has 170 valence electrons. The van der Waals surface area contributed by atoms with Gasteiger partial charge in [0.25, 0.3) is 0 Å². The molecule has 0 radical (unpaired) electrons. The summed E-state index contributed by atoms with van der Waals surface area (Å²) in [4.78, 5) is 14.4. The van der Waals surface area contributed by atoms with Gasteiger partial charge in [0.2, 0.25) is 5.91 Å². The van der Waals surface area contributed by atoms with Crippen LogP contribution in [0, 0.1) is 11.8 Å². The second kappa shape index (κ2) is 9.16. The van der Waals surface area contributed by atoms with E-state index in [0.29, 0.717) is 19.4 Å². The standard InChI is InChI=1S/C21H28F6N2O/c1-12(2)5-17-11-29(18(6-13(3)4)19(30)28-17)10-14-7-15(20(22,23)24)9-16(8-14)21(25,26)27/h7-9,12-13,17-18H,5-6,10-11H2,1-4H3,(H,28,30)/t17?,18-/m0/s1. The Morgan fingerprint density at radius 1 is 0.933 bits per heavy atom. The number of hydrogen-bond acceptors (Lipinski definition) is 2. The van der Waals surface area contributed by atoms with Crippen molar-refractivity contribution in [2.24, 2.45) is 11.8 Å². The molecule has 1 saturated heterocycles. The number of amides is 1. The predicted octanol–water partition coefficient (Wildman–Crippen LogP) is 5.49. The van der Waals surface area contributed by atoms with Gasteiger partial charge in [-0.05, 0) is 48.4 Å². The summed E-state index contributed by atoms with van der Waals surface area (Å²) < 4.78 is 79.1. The van der Waals surface area contributed by atoms with Crippen LogP contribution in [-0.2, 0) is 23.7 Å². The van der Waals surface area contributed by atoms with Crippen LogP contribution in [0.1, 0.15) is 57.2 Å². The molecule has 9 heteroatoms. The zero-order chi connectivity index (χ0) is 22.9. The number of rotatable bonds is 6. The van der Waals surface area contributed by atoms with Crippen LogP contribution >= 0.6 is 0 Å². The first kappa shape index (κ1) is 24.5. The van der Waals surface area contributed by atoms with Gasteiger partial charge in [0.15, 0.2) is 0 Å². The molecule has 3 nitrogen and oxygen atoms in total. The molecule has 1 aromatic carbocycles. The Bertz CT molecular complexity index is 710. The quantitative estimate of drug-likeness (QED) is 0.596. The van der Waals surface area contributed by atoms with Gasteiger partial charge in [0.05, 0.1) is 17.2 Å². The number of nitrogens with zero attached hydrogens (tertiary/aromatic N) is 1. The molecule has 0 bridgehead atoms. The zero-order valence-corrected chi connectivity index (χ0v) is 17.5. The summed E-state index contributed by atoms with van der Waals surface area (Å²) in [6, 6.07) is 0.808. The van der Waals surface area contributed by atoms with E-state index in [0.717, 1.165) is 12.1 Å². The molecule has 1 unspecified atom stereocenters. The predicted molar refractivity (Wildman–Crippen MR) is 101 cm³/mol. The summed E-state index contributed by atoms with van der Waals surface area (Å²) in [7, 11) is 0. The molecule has 1 N–H and O–H groups in total. The smallest absolute Gasteiger partial charge is 0.351 e. The van der Waals surface area contributed by atoms with E-state index in [1.807, 2.05) is 27.7 Å². The highest BCUT2D eigenvalue weighted by Gasteiger charge is 2.38. The first-order valence-electron chi connectivity index (χ1n) is 9.99. The van der Waals surface area contributed by atoms with Gasteiger partial charge in [-0.2, -0.15) is 26.3 Å². The van der Waals surface area contributed by atoms with Gasteiger partial charge in [0.1, 0.15) is 0 Å². The molecule has 30 heavy (non-hydrogen) atoms. The van der Waals surface area contributed by atoms with Gasteiger partial charge < -0.3 is 5.32 Å². The third-order valence-electron chi connectivity index (χ3n) is 5.03. The number of halogens is 6. The maximum Gasteiger partial charge on any atom is 0.416 e. The van der Waals surface area contributed by atoms with Crippen LogP contribution in [0.3, 0.4) is 0 Å². The number of hydrogen-bond donors (Lipinski definition) is 1. The van der Waals surface area contributed by atoms with E-state index in [-0.39, 0.29) is 42.0 Å². The Labute approximate surface area is 172 Å². The summed E-state index contributed by atoms with van der Waals surface area (Å²) in [5.41, 5.74) is -2.79. The molecule has 0 spiro atoms. The lowest BCUT2D eigenvalue weighted by atomic mass is 9.94. The summed E-state index contributed by atoms with van der Waals surface area (Å²) in [6.07, 6.45) is -8.65. The highest BCUT2D eigenvalue weighted by Crippen LogP contribution is 2.37. The molecule has 1 fully saturated rings.